The maximum atomic E-state index is 14.6. The summed E-state index contributed by atoms with van der Waals surface area (Å²) in [5.74, 6) is -0.260. The molecule has 3 aromatic rings. The summed E-state index contributed by atoms with van der Waals surface area (Å²) in [5, 5.41) is 3.33. The van der Waals surface area contributed by atoms with Gasteiger partial charge in [-0.2, -0.15) is 0 Å². The molecular weight excluding hydrogens is 417 g/mol. The number of ether oxygens (including phenoxy) is 1. The molecule has 6 heteroatoms. The van der Waals surface area contributed by atoms with Crippen LogP contribution in [-0.2, 0) is 9.53 Å². The van der Waals surface area contributed by atoms with Gasteiger partial charge in [-0.1, -0.05) is 48.5 Å². The zero-order chi connectivity index (χ0) is 23.4. The van der Waals surface area contributed by atoms with Crippen molar-refractivity contribution in [3.8, 4) is 22.4 Å². The number of benzene rings is 2. The van der Waals surface area contributed by atoms with Crippen LogP contribution in [0, 0.1) is 11.7 Å². The van der Waals surface area contributed by atoms with E-state index in [-0.39, 0.29) is 23.6 Å². The summed E-state index contributed by atoms with van der Waals surface area (Å²) in [5.41, 5.74) is 2.57. The quantitative estimate of drug-likeness (QED) is 0.468. The van der Waals surface area contributed by atoms with Gasteiger partial charge in [0.25, 0.3) is 0 Å². The van der Waals surface area contributed by atoms with Crippen molar-refractivity contribution in [2.75, 3.05) is 5.32 Å². The van der Waals surface area contributed by atoms with Crippen LogP contribution in [0.25, 0.3) is 22.4 Å². The lowest BCUT2D eigenvalue weighted by Crippen LogP contribution is -2.34. The number of carbonyl (C=O) groups excluding carboxylic acids is 1. The topological polar surface area (TPSA) is 64.1 Å². The summed E-state index contributed by atoms with van der Waals surface area (Å²) in [6.07, 6.45) is 4.33. The fourth-order valence-corrected chi connectivity index (χ4v) is 4.16. The molecule has 0 unspecified atom stereocenters. The number of halogens is 1. The Bertz CT molecular complexity index is 1100. The van der Waals surface area contributed by atoms with Gasteiger partial charge < -0.3 is 10.1 Å². The SMILES string of the molecule is CC(C)(C)OC(=O)C1CCC(Nc2ncc(F)c(-c3cccc(-c4ccccc4)c3)n2)CC1. The van der Waals surface area contributed by atoms with Gasteiger partial charge in [-0.25, -0.2) is 14.4 Å². The second-order valence-electron chi connectivity index (χ2n) is 9.56. The molecule has 1 heterocycles. The monoisotopic (exact) mass is 447 g/mol. The number of aromatic nitrogens is 2. The molecule has 1 fully saturated rings. The van der Waals surface area contributed by atoms with Crippen molar-refractivity contribution in [1.29, 1.82) is 0 Å². The summed E-state index contributed by atoms with van der Waals surface area (Å²) in [6.45, 7) is 5.66. The summed E-state index contributed by atoms with van der Waals surface area (Å²) < 4.78 is 20.2. The first-order chi connectivity index (χ1) is 15.8. The first kappa shape index (κ1) is 22.9. The van der Waals surface area contributed by atoms with Crippen molar-refractivity contribution >= 4 is 11.9 Å². The largest absolute Gasteiger partial charge is 0.460 e. The Morgan fingerprint density at radius 2 is 1.64 bits per heavy atom. The zero-order valence-corrected chi connectivity index (χ0v) is 19.3. The summed E-state index contributed by atoms with van der Waals surface area (Å²) in [7, 11) is 0. The Kier molecular flexibility index (Phi) is 6.72. The van der Waals surface area contributed by atoms with Gasteiger partial charge in [0.15, 0.2) is 5.82 Å². The highest BCUT2D eigenvalue weighted by Gasteiger charge is 2.30. The first-order valence-electron chi connectivity index (χ1n) is 11.5. The average Bonchev–Trinajstić information content (AvgIpc) is 2.80. The van der Waals surface area contributed by atoms with Gasteiger partial charge >= 0.3 is 5.97 Å². The van der Waals surface area contributed by atoms with Gasteiger partial charge in [0.2, 0.25) is 5.95 Å². The maximum Gasteiger partial charge on any atom is 0.309 e. The third kappa shape index (κ3) is 5.95. The lowest BCUT2D eigenvalue weighted by Gasteiger charge is -2.30. The molecule has 5 nitrogen and oxygen atoms in total. The molecule has 4 rings (SSSR count). The minimum absolute atomic E-state index is 0.0762. The first-order valence-corrected chi connectivity index (χ1v) is 11.5. The van der Waals surface area contributed by atoms with Gasteiger partial charge in [-0.15, -0.1) is 0 Å². The normalized spacial score (nSPS) is 18.5. The fourth-order valence-electron chi connectivity index (χ4n) is 4.16. The van der Waals surface area contributed by atoms with Gasteiger partial charge in [0, 0.05) is 11.6 Å². The minimum atomic E-state index is -0.470. The summed E-state index contributed by atoms with van der Waals surface area (Å²) >= 11 is 0. The molecule has 1 saturated carbocycles. The van der Waals surface area contributed by atoms with Crippen LogP contribution < -0.4 is 5.32 Å². The van der Waals surface area contributed by atoms with E-state index in [1.165, 1.54) is 6.20 Å². The van der Waals surface area contributed by atoms with E-state index in [0.717, 1.165) is 36.8 Å². The molecule has 2 aromatic carbocycles. The van der Waals surface area contributed by atoms with Gasteiger partial charge in [0.05, 0.1) is 12.1 Å². The lowest BCUT2D eigenvalue weighted by atomic mass is 9.86. The van der Waals surface area contributed by atoms with Gasteiger partial charge in [-0.3, -0.25) is 4.79 Å². The molecule has 0 saturated heterocycles. The lowest BCUT2D eigenvalue weighted by molar-refractivity contribution is -0.161. The van der Waals surface area contributed by atoms with Crippen LogP contribution in [0.15, 0.2) is 60.8 Å². The van der Waals surface area contributed by atoms with Crippen LogP contribution in [0.2, 0.25) is 0 Å². The van der Waals surface area contributed by atoms with Crippen molar-refractivity contribution in [1.82, 2.24) is 9.97 Å². The summed E-state index contributed by atoms with van der Waals surface area (Å²) in [4.78, 5) is 21.0. The Hall–Kier alpha value is -3.28. The van der Waals surface area contributed by atoms with Crippen LogP contribution in [0.1, 0.15) is 46.5 Å². The average molecular weight is 448 g/mol. The van der Waals surface area contributed by atoms with Crippen LogP contribution >= 0.6 is 0 Å². The fraction of sp³-hybridized carbons (Fsp3) is 0.370. The van der Waals surface area contributed by atoms with Crippen molar-refractivity contribution in [2.45, 2.75) is 58.1 Å². The molecule has 0 amide bonds. The zero-order valence-electron chi connectivity index (χ0n) is 19.3. The highest BCUT2D eigenvalue weighted by molar-refractivity contribution is 5.73. The van der Waals surface area contributed by atoms with Gasteiger partial charge in [-0.05, 0) is 63.6 Å². The molecule has 1 aliphatic carbocycles. The second-order valence-corrected chi connectivity index (χ2v) is 9.56. The molecule has 0 aliphatic heterocycles. The van der Waals surface area contributed by atoms with E-state index in [0.29, 0.717) is 11.5 Å². The van der Waals surface area contributed by atoms with E-state index >= 15 is 0 Å². The standard InChI is InChI=1S/C27H30FN3O2/c1-27(2,3)33-25(32)19-12-14-22(15-13-19)30-26-29-17-23(28)24(31-26)21-11-7-10-20(16-21)18-8-5-4-6-9-18/h4-11,16-17,19,22H,12-15H2,1-3H3,(H,29,30,31). The predicted octanol–water partition coefficient (Wildman–Crippen LogP) is 6.26. The minimum Gasteiger partial charge on any atom is -0.460 e. The van der Waals surface area contributed by atoms with E-state index in [1.807, 2.05) is 75.4 Å². The molecule has 172 valence electrons. The predicted molar refractivity (Wildman–Crippen MR) is 128 cm³/mol. The highest BCUT2D eigenvalue weighted by atomic mass is 19.1. The molecule has 33 heavy (non-hydrogen) atoms. The Labute approximate surface area is 194 Å². The number of anilines is 1. The van der Waals surface area contributed by atoms with Crippen molar-refractivity contribution in [3.05, 3.63) is 66.6 Å². The number of nitrogens with zero attached hydrogens (tertiary/aromatic N) is 2. The smallest absolute Gasteiger partial charge is 0.309 e. The molecule has 0 atom stereocenters. The summed E-state index contributed by atoms with van der Waals surface area (Å²) in [6, 6.07) is 17.8. The number of esters is 1. The molecule has 1 aliphatic rings. The van der Waals surface area contributed by atoms with E-state index in [1.54, 1.807) is 0 Å². The van der Waals surface area contributed by atoms with E-state index in [9.17, 15) is 9.18 Å². The van der Waals surface area contributed by atoms with Crippen LogP contribution in [0.5, 0.6) is 0 Å². The van der Waals surface area contributed by atoms with Crippen molar-refractivity contribution in [2.24, 2.45) is 5.92 Å². The molecule has 1 N–H and O–H groups in total. The number of hydrogen-bond acceptors (Lipinski definition) is 5. The van der Waals surface area contributed by atoms with Crippen LogP contribution in [-0.4, -0.2) is 27.6 Å². The van der Waals surface area contributed by atoms with Crippen molar-refractivity contribution < 1.29 is 13.9 Å². The van der Waals surface area contributed by atoms with Gasteiger partial charge in [0.1, 0.15) is 11.3 Å². The molecule has 0 radical (unpaired) electrons. The molecule has 0 bridgehead atoms. The van der Waals surface area contributed by atoms with Crippen LogP contribution in [0.4, 0.5) is 10.3 Å². The Morgan fingerprint density at radius 3 is 2.33 bits per heavy atom. The molecular formula is C27H30FN3O2. The maximum absolute atomic E-state index is 14.6. The van der Waals surface area contributed by atoms with E-state index in [4.69, 9.17) is 4.74 Å². The Morgan fingerprint density at radius 1 is 0.970 bits per heavy atom. The number of hydrogen-bond donors (Lipinski definition) is 1. The van der Waals surface area contributed by atoms with E-state index in [2.05, 4.69) is 15.3 Å². The molecule has 0 spiro atoms. The van der Waals surface area contributed by atoms with Crippen molar-refractivity contribution in [3.63, 3.8) is 0 Å². The van der Waals surface area contributed by atoms with E-state index < -0.39 is 11.4 Å². The third-order valence-corrected chi connectivity index (χ3v) is 5.79. The number of carbonyl (C=O) groups is 1. The number of nitrogens with one attached hydrogen (secondary N) is 1. The van der Waals surface area contributed by atoms with Crippen LogP contribution in [0.3, 0.4) is 0 Å². The Balaban J connectivity index is 1.44. The third-order valence-electron chi connectivity index (χ3n) is 5.79. The molecule has 1 aromatic heterocycles. The second kappa shape index (κ2) is 9.69. The highest BCUT2D eigenvalue weighted by Crippen LogP contribution is 2.30. The number of rotatable bonds is 5.